The normalized spacial score (nSPS) is 15.5. The molecule has 1 heterocycles. The Labute approximate surface area is 149 Å². The minimum atomic E-state index is -0.367. The van der Waals surface area contributed by atoms with E-state index >= 15 is 0 Å². The highest BCUT2D eigenvalue weighted by atomic mass is 32.2. The summed E-state index contributed by atoms with van der Waals surface area (Å²) in [6, 6.07) is 16.3. The molecule has 2 aromatic rings. The lowest BCUT2D eigenvalue weighted by molar-refractivity contribution is -0.123. The van der Waals surface area contributed by atoms with Crippen molar-refractivity contribution >= 4 is 29.0 Å². The van der Waals surface area contributed by atoms with Gasteiger partial charge >= 0.3 is 0 Å². The summed E-state index contributed by atoms with van der Waals surface area (Å²) in [4.78, 5) is 26.4. The van der Waals surface area contributed by atoms with E-state index in [1.165, 1.54) is 0 Å². The van der Waals surface area contributed by atoms with Gasteiger partial charge in [0.15, 0.2) is 0 Å². The average Bonchev–Trinajstić information content (AvgIpc) is 2.90. The van der Waals surface area contributed by atoms with Crippen LogP contribution in [0, 0.1) is 11.3 Å². The first-order valence-electron chi connectivity index (χ1n) is 7.50. The number of carbonyl (C=O) groups excluding carboxylic acids is 2. The lowest BCUT2D eigenvalue weighted by atomic mass is 10.1. The molecule has 2 amide bonds. The smallest absolute Gasteiger partial charge is 0.293 e. The Morgan fingerprint density at radius 3 is 2.64 bits per heavy atom. The number of thioether (sulfide) groups is 1. The van der Waals surface area contributed by atoms with E-state index in [1.807, 2.05) is 18.2 Å². The van der Waals surface area contributed by atoms with Crippen LogP contribution >= 0.6 is 11.8 Å². The average molecular weight is 350 g/mol. The van der Waals surface area contributed by atoms with E-state index in [1.54, 1.807) is 43.5 Å². The van der Waals surface area contributed by atoms with Crippen molar-refractivity contribution in [1.82, 2.24) is 4.90 Å². The van der Waals surface area contributed by atoms with Gasteiger partial charge in [-0.05, 0) is 35.5 Å². The molecule has 1 saturated heterocycles. The summed E-state index contributed by atoms with van der Waals surface area (Å²) in [7, 11) is 1.55. The zero-order valence-electron chi connectivity index (χ0n) is 13.4. The van der Waals surface area contributed by atoms with Gasteiger partial charge in [-0.2, -0.15) is 5.26 Å². The van der Waals surface area contributed by atoms with E-state index in [0.29, 0.717) is 21.8 Å². The Bertz CT molecular complexity index is 915. The molecule has 2 aromatic carbocycles. The van der Waals surface area contributed by atoms with Crippen molar-refractivity contribution in [2.45, 2.75) is 6.54 Å². The summed E-state index contributed by atoms with van der Waals surface area (Å²) in [5.41, 5.74) is 1.83. The van der Waals surface area contributed by atoms with E-state index in [4.69, 9.17) is 10.00 Å². The molecule has 0 aromatic heterocycles. The fourth-order valence-corrected chi connectivity index (χ4v) is 3.33. The van der Waals surface area contributed by atoms with E-state index < -0.39 is 0 Å². The molecule has 0 aliphatic carbocycles. The van der Waals surface area contributed by atoms with Crippen molar-refractivity contribution in [3.05, 3.63) is 70.1 Å². The molecule has 124 valence electrons. The third-order valence-electron chi connectivity index (χ3n) is 3.77. The molecule has 3 rings (SSSR count). The molecule has 0 N–H and O–H groups in total. The zero-order chi connectivity index (χ0) is 17.8. The second kappa shape index (κ2) is 7.24. The highest BCUT2D eigenvalue weighted by molar-refractivity contribution is 8.18. The number of ether oxygens (including phenoxy) is 1. The molecule has 0 unspecified atom stereocenters. The lowest BCUT2D eigenvalue weighted by Crippen LogP contribution is -2.27. The number of nitriles is 1. The van der Waals surface area contributed by atoms with Crippen LogP contribution in [0.1, 0.15) is 16.7 Å². The van der Waals surface area contributed by atoms with Crippen LogP contribution in [0.25, 0.3) is 6.08 Å². The highest BCUT2D eigenvalue weighted by Gasteiger charge is 2.35. The second-order valence-corrected chi connectivity index (χ2v) is 6.27. The van der Waals surface area contributed by atoms with Gasteiger partial charge in [0.25, 0.3) is 11.1 Å². The van der Waals surface area contributed by atoms with Gasteiger partial charge < -0.3 is 4.74 Å². The number of nitrogens with zero attached hydrogens (tertiary/aromatic N) is 2. The third-order valence-corrected chi connectivity index (χ3v) is 4.67. The molecule has 0 bridgehead atoms. The molecular weight excluding hydrogens is 336 g/mol. The van der Waals surface area contributed by atoms with Crippen LogP contribution in [0.15, 0.2) is 53.4 Å². The molecule has 25 heavy (non-hydrogen) atoms. The van der Waals surface area contributed by atoms with Crippen molar-refractivity contribution in [2.24, 2.45) is 0 Å². The molecular formula is C19H14N2O3S. The third kappa shape index (κ3) is 3.42. The summed E-state index contributed by atoms with van der Waals surface area (Å²) >= 11 is 0.889. The number of methoxy groups -OCH3 is 1. The number of imide groups is 1. The molecule has 1 aliphatic heterocycles. The number of hydrogen-bond acceptors (Lipinski definition) is 5. The maximum atomic E-state index is 12.6. The van der Waals surface area contributed by atoms with Crippen LogP contribution in [0.2, 0.25) is 0 Å². The topological polar surface area (TPSA) is 70.4 Å². The SMILES string of the molecule is COc1ccccc1/C=C1/SC(=O)N(Cc2ccccc2C#N)C1=O. The molecule has 0 spiro atoms. The van der Waals surface area contributed by atoms with Crippen LogP contribution in [-0.4, -0.2) is 23.2 Å². The maximum Gasteiger partial charge on any atom is 0.293 e. The Hall–Kier alpha value is -3.04. The van der Waals surface area contributed by atoms with Crippen LogP contribution in [0.4, 0.5) is 4.79 Å². The Morgan fingerprint density at radius 2 is 1.88 bits per heavy atom. The van der Waals surface area contributed by atoms with Gasteiger partial charge in [0, 0.05) is 5.56 Å². The first-order chi connectivity index (χ1) is 12.1. The van der Waals surface area contributed by atoms with E-state index in [0.717, 1.165) is 22.2 Å². The van der Waals surface area contributed by atoms with Gasteiger partial charge in [-0.3, -0.25) is 14.5 Å². The van der Waals surface area contributed by atoms with Crippen LogP contribution in [-0.2, 0) is 11.3 Å². The van der Waals surface area contributed by atoms with Crippen molar-refractivity contribution in [3.63, 3.8) is 0 Å². The molecule has 0 saturated carbocycles. The van der Waals surface area contributed by atoms with Crippen molar-refractivity contribution in [1.29, 1.82) is 5.26 Å². The van der Waals surface area contributed by atoms with E-state index in [-0.39, 0.29) is 17.7 Å². The van der Waals surface area contributed by atoms with Crippen LogP contribution in [0.5, 0.6) is 5.75 Å². The fourth-order valence-electron chi connectivity index (χ4n) is 2.50. The molecule has 1 aliphatic rings. The largest absolute Gasteiger partial charge is 0.496 e. The molecule has 0 atom stereocenters. The monoisotopic (exact) mass is 350 g/mol. The summed E-state index contributed by atoms with van der Waals surface area (Å²) in [5.74, 6) is 0.262. The summed E-state index contributed by atoms with van der Waals surface area (Å²) in [5, 5.41) is 8.81. The summed E-state index contributed by atoms with van der Waals surface area (Å²) in [6.45, 7) is 0.0810. The predicted octanol–water partition coefficient (Wildman–Crippen LogP) is 3.80. The minimum absolute atomic E-state index is 0.0810. The predicted molar refractivity (Wildman–Crippen MR) is 95.7 cm³/mol. The molecule has 6 heteroatoms. The van der Waals surface area contributed by atoms with Gasteiger partial charge in [0.05, 0.1) is 30.2 Å². The van der Waals surface area contributed by atoms with Crippen molar-refractivity contribution in [2.75, 3.05) is 7.11 Å². The van der Waals surface area contributed by atoms with E-state index in [9.17, 15) is 9.59 Å². The van der Waals surface area contributed by atoms with Gasteiger partial charge in [-0.15, -0.1) is 0 Å². The van der Waals surface area contributed by atoms with E-state index in [2.05, 4.69) is 6.07 Å². The number of para-hydroxylation sites is 1. The first kappa shape index (κ1) is 16.8. The summed E-state index contributed by atoms with van der Waals surface area (Å²) in [6.07, 6.45) is 1.65. The highest BCUT2D eigenvalue weighted by Crippen LogP contribution is 2.35. The number of carbonyl (C=O) groups is 2. The Balaban J connectivity index is 1.88. The van der Waals surface area contributed by atoms with Gasteiger partial charge in [-0.1, -0.05) is 36.4 Å². The molecule has 5 nitrogen and oxygen atoms in total. The summed E-state index contributed by atoms with van der Waals surface area (Å²) < 4.78 is 5.27. The van der Waals surface area contributed by atoms with Crippen molar-refractivity contribution in [3.8, 4) is 11.8 Å². The Morgan fingerprint density at radius 1 is 1.16 bits per heavy atom. The van der Waals surface area contributed by atoms with Crippen molar-refractivity contribution < 1.29 is 14.3 Å². The maximum absolute atomic E-state index is 12.6. The van der Waals surface area contributed by atoms with Gasteiger partial charge in [0.1, 0.15) is 5.75 Å². The standard InChI is InChI=1S/C19H14N2O3S/c1-24-16-9-5-4-6-13(16)10-17-18(22)21(19(23)25-17)12-15-8-3-2-7-14(15)11-20/h2-10H,12H2,1H3/b17-10+. The fraction of sp³-hybridized carbons (Fsp3) is 0.105. The van der Waals surface area contributed by atoms with Crippen LogP contribution in [0.3, 0.4) is 0 Å². The first-order valence-corrected chi connectivity index (χ1v) is 8.32. The van der Waals surface area contributed by atoms with Gasteiger partial charge in [0.2, 0.25) is 0 Å². The minimum Gasteiger partial charge on any atom is -0.496 e. The number of benzene rings is 2. The molecule has 1 fully saturated rings. The molecule has 0 radical (unpaired) electrons. The van der Waals surface area contributed by atoms with Crippen LogP contribution < -0.4 is 4.74 Å². The zero-order valence-corrected chi connectivity index (χ0v) is 14.2. The number of amides is 2. The quantitative estimate of drug-likeness (QED) is 0.784. The second-order valence-electron chi connectivity index (χ2n) is 5.28. The Kier molecular flexibility index (Phi) is 4.87. The number of hydrogen-bond donors (Lipinski definition) is 0. The lowest BCUT2D eigenvalue weighted by Gasteiger charge is -2.13. The number of rotatable bonds is 4. The van der Waals surface area contributed by atoms with Gasteiger partial charge in [-0.25, -0.2) is 0 Å².